The summed E-state index contributed by atoms with van der Waals surface area (Å²) in [5.74, 6) is 0.551. The molecule has 0 aliphatic rings. The van der Waals surface area contributed by atoms with E-state index in [-0.39, 0.29) is 12.5 Å². The van der Waals surface area contributed by atoms with Gasteiger partial charge in [0.1, 0.15) is 11.8 Å². The molecule has 0 saturated heterocycles. The van der Waals surface area contributed by atoms with Gasteiger partial charge in [-0.25, -0.2) is 15.0 Å². The molecule has 0 aliphatic heterocycles. The Morgan fingerprint density at radius 2 is 2.39 bits per heavy atom. The number of rotatable bonds is 5. The van der Waals surface area contributed by atoms with Gasteiger partial charge in [0.2, 0.25) is 5.91 Å². The number of H-pyrrole nitrogens is 1. The Morgan fingerprint density at radius 3 is 3.17 bits per heavy atom. The third kappa shape index (κ3) is 2.45. The smallest absolute Gasteiger partial charge is 0.239 e. The lowest BCUT2D eigenvalue weighted by molar-refractivity contribution is -0.119. The lowest BCUT2D eigenvalue weighted by Gasteiger charge is -2.17. The number of hydrogen-bond acceptors (Lipinski definition) is 5. The number of aromatic nitrogens is 4. The molecule has 7 nitrogen and oxygen atoms in total. The summed E-state index contributed by atoms with van der Waals surface area (Å²) >= 11 is 0. The van der Waals surface area contributed by atoms with Crippen molar-refractivity contribution < 1.29 is 4.79 Å². The van der Waals surface area contributed by atoms with Gasteiger partial charge >= 0.3 is 0 Å². The summed E-state index contributed by atoms with van der Waals surface area (Å²) < 4.78 is 0. The number of amides is 1. The van der Waals surface area contributed by atoms with Crippen LogP contribution in [0.5, 0.6) is 0 Å². The van der Waals surface area contributed by atoms with E-state index in [1.54, 1.807) is 24.4 Å². The van der Waals surface area contributed by atoms with E-state index in [1.165, 1.54) is 6.33 Å². The molecule has 2 N–H and O–H groups in total. The maximum Gasteiger partial charge on any atom is 0.239 e. The van der Waals surface area contributed by atoms with Gasteiger partial charge in [-0.2, -0.15) is 0 Å². The Labute approximate surface area is 104 Å². The molecule has 2 heterocycles. The number of carbonyl (C=O) groups is 1. The lowest BCUT2D eigenvalue weighted by atomic mass is 10.4. The van der Waals surface area contributed by atoms with Gasteiger partial charge in [0.15, 0.2) is 11.5 Å². The Bertz CT molecular complexity index is 563. The van der Waals surface area contributed by atoms with Gasteiger partial charge in [0.25, 0.3) is 0 Å². The number of nitrogens with zero attached hydrogens (tertiary/aromatic N) is 4. The largest absolute Gasteiger partial charge is 0.351 e. The van der Waals surface area contributed by atoms with Crippen LogP contribution in [0, 0.1) is 0 Å². The second-order valence-electron chi connectivity index (χ2n) is 3.75. The molecule has 2 aromatic heterocycles. The fraction of sp³-hybridized carbons (Fsp3) is 0.273. The van der Waals surface area contributed by atoms with Crippen molar-refractivity contribution in [2.24, 2.45) is 0 Å². The molecule has 0 aromatic carbocycles. The number of aromatic amines is 1. The van der Waals surface area contributed by atoms with Gasteiger partial charge in [-0.3, -0.25) is 4.79 Å². The summed E-state index contributed by atoms with van der Waals surface area (Å²) in [6.45, 7) is 4.20. The first-order valence-corrected chi connectivity index (χ1v) is 5.45. The zero-order chi connectivity index (χ0) is 13.0. The summed E-state index contributed by atoms with van der Waals surface area (Å²) in [6.07, 6.45) is 4.61. The van der Waals surface area contributed by atoms with Crippen LogP contribution in [0.3, 0.4) is 0 Å². The Hall–Kier alpha value is -2.44. The molecule has 2 rings (SSSR count). The van der Waals surface area contributed by atoms with Gasteiger partial charge in [-0.05, 0) is 0 Å². The fourth-order valence-corrected chi connectivity index (χ4v) is 1.57. The summed E-state index contributed by atoms with van der Waals surface area (Å²) in [4.78, 5) is 28.5. The summed E-state index contributed by atoms with van der Waals surface area (Å²) in [6, 6.07) is 0. The molecule has 0 saturated carbocycles. The van der Waals surface area contributed by atoms with E-state index in [0.717, 1.165) is 5.52 Å². The van der Waals surface area contributed by atoms with Crippen molar-refractivity contribution >= 4 is 22.9 Å². The van der Waals surface area contributed by atoms with Gasteiger partial charge in [-0.15, -0.1) is 6.58 Å². The van der Waals surface area contributed by atoms with E-state index < -0.39 is 0 Å². The Balaban J connectivity index is 2.13. The number of fused-ring (bicyclic) bond motifs is 1. The molecule has 0 unspecified atom stereocenters. The topological polar surface area (TPSA) is 86.8 Å². The van der Waals surface area contributed by atoms with Crippen LogP contribution in [0.1, 0.15) is 0 Å². The minimum absolute atomic E-state index is 0.0938. The monoisotopic (exact) mass is 246 g/mol. The first-order valence-electron chi connectivity index (χ1n) is 5.45. The predicted molar refractivity (Wildman–Crippen MR) is 68.2 cm³/mol. The number of likely N-dealkylation sites (N-methyl/N-ethyl adjacent to an activating group) is 1. The molecule has 0 spiro atoms. The molecule has 1 amide bonds. The molecule has 18 heavy (non-hydrogen) atoms. The molecule has 0 aliphatic carbocycles. The van der Waals surface area contributed by atoms with E-state index in [4.69, 9.17) is 0 Å². The minimum Gasteiger partial charge on any atom is -0.351 e. The van der Waals surface area contributed by atoms with E-state index >= 15 is 0 Å². The number of carbonyl (C=O) groups excluding carboxylic acids is 1. The third-order valence-electron chi connectivity index (χ3n) is 2.39. The number of nitrogens with one attached hydrogen (secondary N) is 2. The van der Waals surface area contributed by atoms with Crippen LogP contribution in [0.25, 0.3) is 11.2 Å². The molecule has 0 atom stereocenters. The van der Waals surface area contributed by atoms with E-state index in [1.807, 2.05) is 0 Å². The van der Waals surface area contributed by atoms with Gasteiger partial charge in [0, 0.05) is 13.6 Å². The van der Waals surface area contributed by atoms with Crippen molar-refractivity contribution in [2.45, 2.75) is 0 Å². The van der Waals surface area contributed by atoms with Crippen molar-refractivity contribution in [3.05, 3.63) is 25.3 Å². The van der Waals surface area contributed by atoms with Crippen molar-refractivity contribution in [1.82, 2.24) is 25.3 Å². The van der Waals surface area contributed by atoms with E-state index in [9.17, 15) is 4.79 Å². The van der Waals surface area contributed by atoms with Crippen molar-refractivity contribution in [3.8, 4) is 0 Å². The second kappa shape index (κ2) is 5.26. The highest BCUT2D eigenvalue weighted by Crippen LogP contribution is 2.17. The number of imidazole rings is 1. The summed E-state index contributed by atoms with van der Waals surface area (Å²) in [7, 11) is 1.79. The molecule has 0 fully saturated rings. The Morgan fingerprint density at radius 1 is 1.56 bits per heavy atom. The summed E-state index contributed by atoms with van der Waals surface area (Å²) in [5.41, 5.74) is 1.30. The molecule has 7 heteroatoms. The van der Waals surface area contributed by atoms with Crippen LogP contribution in [-0.2, 0) is 4.79 Å². The molecule has 94 valence electrons. The second-order valence-corrected chi connectivity index (χ2v) is 3.75. The first kappa shape index (κ1) is 12.0. The van der Waals surface area contributed by atoms with E-state index in [0.29, 0.717) is 18.0 Å². The highest BCUT2D eigenvalue weighted by Gasteiger charge is 2.12. The lowest BCUT2D eigenvalue weighted by Crippen LogP contribution is -2.35. The molecular weight excluding hydrogens is 232 g/mol. The number of hydrogen-bond donors (Lipinski definition) is 2. The van der Waals surface area contributed by atoms with Crippen LogP contribution in [0.4, 0.5) is 5.82 Å². The highest BCUT2D eigenvalue weighted by molar-refractivity contribution is 5.86. The van der Waals surface area contributed by atoms with Crippen molar-refractivity contribution in [1.29, 1.82) is 0 Å². The average molecular weight is 246 g/mol. The molecule has 2 aromatic rings. The zero-order valence-corrected chi connectivity index (χ0v) is 10.1. The van der Waals surface area contributed by atoms with Crippen LogP contribution >= 0.6 is 0 Å². The standard InChI is InChI=1S/C11H14N6O/c1-3-4-12-8(18)5-17(2)11-9-10(14-6-13-9)15-7-16-11/h3,6-7H,1,4-5H2,2H3,(H,12,18)(H,13,14,15,16). The van der Waals surface area contributed by atoms with Crippen LogP contribution < -0.4 is 10.2 Å². The maximum atomic E-state index is 11.6. The van der Waals surface area contributed by atoms with Gasteiger partial charge in [-0.1, -0.05) is 6.08 Å². The Kier molecular flexibility index (Phi) is 3.52. The first-order chi connectivity index (χ1) is 8.72. The molecule has 0 bridgehead atoms. The van der Waals surface area contributed by atoms with Crippen molar-refractivity contribution in [3.63, 3.8) is 0 Å². The normalized spacial score (nSPS) is 10.3. The van der Waals surface area contributed by atoms with E-state index in [2.05, 4.69) is 31.8 Å². The zero-order valence-electron chi connectivity index (χ0n) is 10.1. The van der Waals surface area contributed by atoms with Crippen LogP contribution in [-0.4, -0.2) is 46.0 Å². The summed E-state index contributed by atoms with van der Waals surface area (Å²) in [5, 5.41) is 2.71. The SMILES string of the molecule is C=CCNC(=O)CN(C)c1ncnc2nc[nH]c12. The minimum atomic E-state index is -0.0938. The fourth-order valence-electron chi connectivity index (χ4n) is 1.57. The highest BCUT2D eigenvalue weighted by atomic mass is 16.2. The van der Waals surface area contributed by atoms with Crippen LogP contribution in [0.15, 0.2) is 25.3 Å². The maximum absolute atomic E-state index is 11.6. The van der Waals surface area contributed by atoms with Gasteiger partial charge < -0.3 is 15.2 Å². The number of anilines is 1. The van der Waals surface area contributed by atoms with Gasteiger partial charge in [0.05, 0.1) is 12.9 Å². The quantitative estimate of drug-likeness (QED) is 0.730. The predicted octanol–water partition coefficient (Wildman–Crippen LogP) is 0.0913. The molecule has 0 radical (unpaired) electrons. The molecular formula is C11H14N6O. The third-order valence-corrected chi connectivity index (χ3v) is 2.39. The van der Waals surface area contributed by atoms with Crippen molar-refractivity contribution in [2.75, 3.05) is 25.0 Å². The average Bonchev–Trinajstić information content (AvgIpc) is 2.84. The van der Waals surface area contributed by atoms with Crippen LogP contribution in [0.2, 0.25) is 0 Å².